The van der Waals surface area contributed by atoms with Crippen molar-refractivity contribution < 1.29 is 14.3 Å². The van der Waals surface area contributed by atoms with Crippen LogP contribution < -0.4 is 10.5 Å². The second-order valence-corrected chi connectivity index (χ2v) is 3.90. The van der Waals surface area contributed by atoms with E-state index >= 15 is 0 Å². The highest BCUT2D eigenvalue weighted by Crippen LogP contribution is 2.10. The van der Waals surface area contributed by atoms with Gasteiger partial charge in [-0.1, -0.05) is 0 Å². The van der Waals surface area contributed by atoms with E-state index < -0.39 is 5.97 Å². The highest BCUT2D eigenvalue weighted by Gasteiger charge is 2.15. The molecule has 2 rings (SSSR count). The Morgan fingerprint density at radius 1 is 1.56 bits per heavy atom. The third-order valence-corrected chi connectivity index (χ3v) is 2.65. The standard InChI is InChI=1S/C11H15N3O4/c1-17-11(16)6-8-12-9(7-10(15)13-8)14-2-4-18-5-3-14/h7H,2-6H2,1H3,(H,12,13,15). The topological polar surface area (TPSA) is 84.5 Å². The molecule has 0 radical (unpaired) electrons. The average Bonchev–Trinajstić information content (AvgIpc) is 2.39. The first-order valence-corrected chi connectivity index (χ1v) is 5.69. The Morgan fingerprint density at radius 2 is 2.28 bits per heavy atom. The van der Waals surface area contributed by atoms with Gasteiger partial charge < -0.3 is 19.4 Å². The fourth-order valence-electron chi connectivity index (χ4n) is 1.74. The zero-order valence-corrected chi connectivity index (χ0v) is 10.1. The number of aromatic nitrogens is 2. The predicted molar refractivity (Wildman–Crippen MR) is 63.6 cm³/mol. The van der Waals surface area contributed by atoms with Crippen LogP contribution >= 0.6 is 0 Å². The number of anilines is 1. The number of carbonyl (C=O) groups is 1. The number of carbonyl (C=O) groups excluding carboxylic acids is 1. The van der Waals surface area contributed by atoms with Crippen LogP contribution in [0.4, 0.5) is 5.82 Å². The molecule has 0 saturated carbocycles. The minimum atomic E-state index is -0.433. The van der Waals surface area contributed by atoms with Gasteiger partial charge in [0, 0.05) is 19.2 Å². The van der Waals surface area contributed by atoms with Crippen LogP contribution in [-0.4, -0.2) is 49.4 Å². The molecule has 98 valence electrons. The SMILES string of the molecule is COC(=O)Cc1nc(N2CCOCC2)cc(=O)[nH]1. The van der Waals surface area contributed by atoms with E-state index in [4.69, 9.17) is 4.74 Å². The number of H-pyrrole nitrogens is 1. The Kier molecular flexibility index (Phi) is 3.93. The lowest BCUT2D eigenvalue weighted by molar-refractivity contribution is -0.139. The molecule has 0 aromatic carbocycles. The largest absolute Gasteiger partial charge is 0.469 e. The Labute approximate surface area is 104 Å². The van der Waals surface area contributed by atoms with Gasteiger partial charge in [0.25, 0.3) is 5.56 Å². The molecule has 0 bridgehead atoms. The smallest absolute Gasteiger partial charge is 0.313 e. The molecule has 1 fully saturated rings. The molecule has 0 aliphatic carbocycles. The number of hydrogen-bond acceptors (Lipinski definition) is 6. The van der Waals surface area contributed by atoms with E-state index in [0.29, 0.717) is 37.9 Å². The van der Waals surface area contributed by atoms with Gasteiger partial charge in [-0.2, -0.15) is 0 Å². The van der Waals surface area contributed by atoms with Gasteiger partial charge >= 0.3 is 5.97 Å². The van der Waals surface area contributed by atoms with Crippen LogP contribution in [0.1, 0.15) is 5.82 Å². The van der Waals surface area contributed by atoms with Crippen molar-refractivity contribution in [3.05, 3.63) is 22.2 Å². The molecule has 0 spiro atoms. The monoisotopic (exact) mass is 253 g/mol. The maximum atomic E-state index is 11.5. The highest BCUT2D eigenvalue weighted by atomic mass is 16.5. The normalized spacial score (nSPS) is 15.5. The van der Waals surface area contributed by atoms with Gasteiger partial charge in [0.2, 0.25) is 0 Å². The number of aromatic amines is 1. The number of nitrogens with zero attached hydrogens (tertiary/aromatic N) is 2. The molecule has 1 aromatic rings. The minimum absolute atomic E-state index is 0.0378. The van der Waals surface area contributed by atoms with Crippen LogP contribution in [0, 0.1) is 0 Å². The summed E-state index contributed by atoms with van der Waals surface area (Å²) >= 11 is 0. The third-order valence-electron chi connectivity index (χ3n) is 2.65. The van der Waals surface area contributed by atoms with E-state index in [1.165, 1.54) is 13.2 Å². The van der Waals surface area contributed by atoms with Crippen LogP contribution in [0.2, 0.25) is 0 Å². The molecule has 0 atom stereocenters. The van der Waals surface area contributed by atoms with Gasteiger partial charge in [0.05, 0.1) is 20.3 Å². The molecule has 1 aromatic heterocycles. The van der Waals surface area contributed by atoms with Crippen molar-refractivity contribution in [1.29, 1.82) is 0 Å². The molecule has 2 heterocycles. The van der Waals surface area contributed by atoms with Gasteiger partial charge in [0.1, 0.15) is 18.1 Å². The number of nitrogens with one attached hydrogen (secondary N) is 1. The van der Waals surface area contributed by atoms with Crippen LogP contribution in [0.5, 0.6) is 0 Å². The van der Waals surface area contributed by atoms with Crippen molar-refractivity contribution in [2.45, 2.75) is 6.42 Å². The second-order valence-electron chi connectivity index (χ2n) is 3.90. The number of hydrogen-bond donors (Lipinski definition) is 1. The van der Waals surface area contributed by atoms with Gasteiger partial charge in [-0.3, -0.25) is 9.59 Å². The summed E-state index contributed by atoms with van der Waals surface area (Å²) in [5.41, 5.74) is -0.273. The fourth-order valence-corrected chi connectivity index (χ4v) is 1.74. The molecule has 1 N–H and O–H groups in total. The molecule has 7 nitrogen and oxygen atoms in total. The van der Waals surface area contributed by atoms with E-state index in [-0.39, 0.29) is 12.0 Å². The van der Waals surface area contributed by atoms with Crippen molar-refractivity contribution in [3.63, 3.8) is 0 Å². The maximum Gasteiger partial charge on any atom is 0.313 e. The van der Waals surface area contributed by atoms with Gasteiger partial charge in [0.15, 0.2) is 0 Å². The number of methoxy groups -OCH3 is 1. The zero-order valence-electron chi connectivity index (χ0n) is 10.1. The lowest BCUT2D eigenvalue weighted by atomic mass is 10.3. The van der Waals surface area contributed by atoms with Crippen molar-refractivity contribution in [3.8, 4) is 0 Å². The first kappa shape index (κ1) is 12.6. The van der Waals surface area contributed by atoms with Crippen molar-refractivity contribution in [2.75, 3.05) is 38.3 Å². The van der Waals surface area contributed by atoms with Crippen LogP contribution in [0.15, 0.2) is 10.9 Å². The Morgan fingerprint density at radius 3 is 2.94 bits per heavy atom. The first-order chi connectivity index (χ1) is 8.69. The van der Waals surface area contributed by atoms with E-state index in [0.717, 1.165) is 0 Å². The summed E-state index contributed by atoms with van der Waals surface area (Å²) in [6, 6.07) is 1.42. The molecular formula is C11H15N3O4. The minimum Gasteiger partial charge on any atom is -0.469 e. The average molecular weight is 253 g/mol. The Balaban J connectivity index is 2.20. The van der Waals surface area contributed by atoms with E-state index in [2.05, 4.69) is 14.7 Å². The van der Waals surface area contributed by atoms with Gasteiger partial charge in [-0.05, 0) is 0 Å². The second kappa shape index (κ2) is 5.63. The fraction of sp³-hybridized carbons (Fsp3) is 0.545. The number of morpholine rings is 1. The van der Waals surface area contributed by atoms with Crippen LogP contribution in [0.25, 0.3) is 0 Å². The van der Waals surface area contributed by atoms with Crippen molar-refractivity contribution >= 4 is 11.8 Å². The lowest BCUT2D eigenvalue weighted by Crippen LogP contribution is -2.37. The molecule has 1 aliphatic rings. The van der Waals surface area contributed by atoms with Crippen LogP contribution in [0.3, 0.4) is 0 Å². The number of ether oxygens (including phenoxy) is 2. The molecular weight excluding hydrogens is 238 g/mol. The van der Waals surface area contributed by atoms with E-state index in [1.54, 1.807) is 0 Å². The number of rotatable bonds is 3. The predicted octanol–water partition coefficient (Wildman–Crippen LogP) is -0.678. The number of esters is 1. The molecule has 0 unspecified atom stereocenters. The zero-order chi connectivity index (χ0) is 13.0. The summed E-state index contributed by atoms with van der Waals surface area (Å²) in [6.07, 6.45) is -0.0378. The van der Waals surface area contributed by atoms with Crippen LogP contribution in [-0.2, 0) is 20.7 Å². The first-order valence-electron chi connectivity index (χ1n) is 5.69. The Hall–Kier alpha value is -1.89. The van der Waals surface area contributed by atoms with Gasteiger partial charge in [-0.25, -0.2) is 4.98 Å². The lowest BCUT2D eigenvalue weighted by Gasteiger charge is -2.27. The molecule has 18 heavy (non-hydrogen) atoms. The summed E-state index contributed by atoms with van der Waals surface area (Å²) in [4.78, 5) is 31.4. The summed E-state index contributed by atoms with van der Waals surface area (Å²) in [6.45, 7) is 2.60. The summed E-state index contributed by atoms with van der Waals surface area (Å²) in [5, 5.41) is 0. The molecule has 1 aliphatic heterocycles. The van der Waals surface area contributed by atoms with Gasteiger partial charge in [-0.15, -0.1) is 0 Å². The van der Waals surface area contributed by atoms with E-state index in [1.807, 2.05) is 4.90 Å². The molecule has 7 heteroatoms. The summed E-state index contributed by atoms with van der Waals surface area (Å²) in [7, 11) is 1.30. The van der Waals surface area contributed by atoms with Crippen molar-refractivity contribution in [2.24, 2.45) is 0 Å². The molecule has 1 saturated heterocycles. The highest BCUT2D eigenvalue weighted by molar-refractivity contribution is 5.71. The van der Waals surface area contributed by atoms with E-state index in [9.17, 15) is 9.59 Å². The molecule has 0 amide bonds. The third kappa shape index (κ3) is 3.07. The summed E-state index contributed by atoms with van der Waals surface area (Å²) < 4.78 is 9.78. The quantitative estimate of drug-likeness (QED) is 0.719. The Bertz CT molecular complexity index is 479. The summed E-state index contributed by atoms with van der Waals surface area (Å²) in [5.74, 6) is 0.453. The van der Waals surface area contributed by atoms with Crippen molar-refractivity contribution in [1.82, 2.24) is 9.97 Å². The maximum absolute atomic E-state index is 11.5.